The Morgan fingerprint density at radius 2 is 1.79 bits per heavy atom. The van der Waals surface area contributed by atoms with Gasteiger partial charge in [-0.3, -0.25) is 19.8 Å². The Bertz CT molecular complexity index is 850. The first-order chi connectivity index (χ1) is 14.1. The van der Waals surface area contributed by atoms with E-state index < -0.39 is 0 Å². The molecular weight excluding hydrogens is 372 g/mol. The SMILES string of the molecule is CCCOc1ccccc1NC(=O)CN1CCN(c2ccccc2[N+](=O)[O-])CC1. The molecule has 0 aliphatic carbocycles. The van der Waals surface area contributed by atoms with E-state index in [-0.39, 0.29) is 23.1 Å². The topological polar surface area (TPSA) is 88.0 Å². The van der Waals surface area contributed by atoms with Gasteiger partial charge in [0.15, 0.2) is 0 Å². The number of nitro benzene ring substituents is 1. The van der Waals surface area contributed by atoms with Gasteiger partial charge in [-0.25, -0.2) is 0 Å². The van der Waals surface area contributed by atoms with Crippen molar-refractivity contribution < 1.29 is 14.5 Å². The lowest BCUT2D eigenvalue weighted by Gasteiger charge is -2.35. The molecule has 0 radical (unpaired) electrons. The average Bonchev–Trinajstić information content (AvgIpc) is 2.73. The fraction of sp³-hybridized carbons (Fsp3) is 0.381. The van der Waals surface area contributed by atoms with Gasteiger partial charge < -0.3 is 15.0 Å². The second-order valence-corrected chi connectivity index (χ2v) is 6.90. The number of para-hydroxylation sites is 4. The first kappa shape index (κ1) is 20.6. The van der Waals surface area contributed by atoms with Gasteiger partial charge in [0.25, 0.3) is 5.69 Å². The molecule has 29 heavy (non-hydrogen) atoms. The summed E-state index contributed by atoms with van der Waals surface area (Å²) in [4.78, 5) is 27.4. The van der Waals surface area contributed by atoms with E-state index in [2.05, 4.69) is 10.2 Å². The summed E-state index contributed by atoms with van der Waals surface area (Å²) in [5.74, 6) is 0.570. The monoisotopic (exact) mass is 398 g/mol. The molecule has 1 aliphatic rings. The summed E-state index contributed by atoms with van der Waals surface area (Å²) < 4.78 is 5.68. The van der Waals surface area contributed by atoms with E-state index in [9.17, 15) is 14.9 Å². The number of ether oxygens (including phenoxy) is 1. The Morgan fingerprint density at radius 1 is 1.10 bits per heavy atom. The number of benzene rings is 2. The zero-order chi connectivity index (χ0) is 20.6. The molecule has 0 saturated carbocycles. The molecule has 154 valence electrons. The third kappa shape index (κ3) is 5.45. The summed E-state index contributed by atoms with van der Waals surface area (Å²) in [5.41, 5.74) is 1.41. The molecule has 0 unspecified atom stereocenters. The van der Waals surface area contributed by atoms with Crippen molar-refractivity contribution in [2.24, 2.45) is 0 Å². The van der Waals surface area contributed by atoms with Crippen LogP contribution < -0.4 is 15.0 Å². The van der Waals surface area contributed by atoms with Crippen LogP contribution in [0.1, 0.15) is 13.3 Å². The molecule has 1 amide bonds. The molecule has 8 heteroatoms. The van der Waals surface area contributed by atoms with Crippen LogP contribution in [0, 0.1) is 10.1 Å². The minimum absolute atomic E-state index is 0.100. The number of carbonyl (C=O) groups excluding carboxylic acids is 1. The van der Waals surface area contributed by atoms with Crippen LogP contribution in [0.25, 0.3) is 0 Å². The molecule has 1 aliphatic heterocycles. The number of nitrogens with zero attached hydrogens (tertiary/aromatic N) is 3. The van der Waals surface area contributed by atoms with E-state index in [0.717, 1.165) is 6.42 Å². The zero-order valence-electron chi connectivity index (χ0n) is 16.5. The number of nitro groups is 1. The second kappa shape index (κ2) is 9.88. The molecule has 0 spiro atoms. The van der Waals surface area contributed by atoms with E-state index in [0.29, 0.717) is 49.9 Å². The maximum atomic E-state index is 12.5. The van der Waals surface area contributed by atoms with Crippen molar-refractivity contribution in [3.63, 3.8) is 0 Å². The van der Waals surface area contributed by atoms with Crippen molar-refractivity contribution in [2.45, 2.75) is 13.3 Å². The Hall–Kier alpha value is -3.13. The van der Waals surface area contributed by atoms with Gasteiger partial charge >= 0.3 is 0 Å². The summed E-state index contributed by atoms with van der Waals surface area (Å²) in [6, 6.07) is 14.2. The number of rotatable bonds is 8. The van der Waals surface area contributed by atoms with E-state index in [1.165, 1.54) is 6.07 Å². The van der Waals surface area contributed by atoms with Crippen molar-refractivity contribution in [3.8, 4) is 5.75 Å². The highest BCUT2D eigenvalue weighted by Crippen LogP contribution is 2.28. The van der Waals surface area contributed by atoms with Gasteiger partial charge in [-0.1, -0.05) is 31.2 Å². The lowest BCUT2D eigenvalue weighted by atomic mass is 10.2. The van der Waals surface area contributed by atoms with E-state index in [4.69, 9.17) is 4.74 Å². The van der Waals surface area contributed by atoms with Crippen molar-refractivity contribution in [3.05, 3.63) is 58.6 Å². The van der Waals surface area contributed by atoms with Crippen LogP contribution in [-0.2, 0) is 4.79 Å². The first-order valence-corrected chi connectivity index (χ1v) is 9.81. The van der Waals surface area contributed by atoms with Crippen LogP contribution in [0.2, 0.25) is 0 Å². The Morgan fingerprint density at radius 3 is 2.52 bits per heavy atom. The van der Waals surface area contributed by atoms with Crippen molar-refractivity contribution in [1.82, 2.24) is 4.90 Å². The van der Waals surface area contributed by atoms with Gasteiger partial charge in [-0.05, 0) is 24.6 Å². The minimum atomic E-state index is -0.354. The third-order valence-electron chi connectivity index (χ3n) is 4.78. The standard InChI is InChI=1S/C21H26N4O4/c1-2-15-29-20-10-6-3-7-17(20)22-21(26)16-23-11-13-24(14-12-23)18-8-4-5-9-19(18)25(27)28/h3-10H,2,11-16H2,1H3,(H,22,26). The Labute approximate surface area is 170 Å². The number of nitrogens with one attached hydrogen (secondary N) is 1. The van der Waals surface area contributed by atoms with Crippen LogP contribution >= 0.6 is 0 Å². The van der Waals surface area contributed by atoms with Crippen LogP contribution in [0.3, 0.4) is 0 Å². The van der Waals surface area contributed by atoms with E-state index in [1.807, 2.05) is 36.1 Å². The van der Waals surface area contributed by atoms with Crippen LogP contribution in [-0.4, -0.2) is 55.1 Å². The molecule has 0 aromatic heterocycles. The number of anilines is 2. The zero-order valence-corrected chi connectivity index (χ0v) is 16.5. The van der Waals surface area contributed by atoms with E-state index in [1.54, 1.807) is 18.2 Å². The highest BCUT2D eigenvalue weighted by molar-refractivity contribution is 5.93. The third-order valence-corrected chi connectivity index (χ3v) is 4.78. The molecule has 1 heterocycles. The second-order valence-electron chi connectivity index (χ2n) is 6.90. The summed E-state index contributed by atoms with van der Waals surface area (Å²) in [7, 11) is 0. The number of hydrogen-bond donors (Lipinski definition) is 1. The summed E-state index contributed by atoms with van der Waals surface area (Å²) in [6.45, 7) is 5.49. The number of piperazine rings is 1. The van der Waals surface area contributed by atoms with Crippen molar-refractivity contribution in [1.29, 1.82) is 0 Å². The lowest BCUT2D eigenvalue weighted by molar-refractivity contribution is -0.384. The fourth-order valence-electron chi connectivity index (χ4n) is 3.33. The number of carbonyl (C=O) groups is 1. The maximum absolute atomic E-state index is 12.5. The summed E-state index contributed by atoms with van der Waals surface area (Å²) in [6.07, 6.45) is 0.895. The minimum Gasteiger partial charge on any atom is -0.491 e. The summed E-state index contributed by atoms with van der Waals surface area (Å²) in [5, 5.41) is 14.2. The number of amides is 1. The van der Waals surface area contributed by atoms with Gasteiger partial charge in [0.05, 0.1) is 23.8 Å². The predicted octanol–water partition coefficient (Wildman–Crippen LogP) is 3.14. The molecular formula is C21H26N4O4. The highest BCUT2D eigenvalue weighted by Gasteiger charge is 2.24. The Balaban J connectivity index is 1.54. The van der Waals surface area contributed by atoms with Crippen LogP contribution in [0.15, 0.2) is 48.5 Å². The Kier molecular flexibility index (Phi) is 7.02. The normalized spacial score (nSPS) is 14.4. The van der Waals surface area contributed by atoms with Gasteiger partial charge in [0.1, 0.15) is 11.4 Å². The quantitative estimate of drug-likeness (QED) is 0.543. The van der Waals surface area contributed by atoms with E-state index >= 15 is 0 Å². The van der Waals surface area contributed by atoms with Crippen molar-refractivity contribution in [2.75, 3.05) is 49.5 Å². The fourth-order valence-corrected chi connectivity index (χ4v) is 3.33. The van der Waals surface area contributed by atoms with Crippen LogP contribution in [0.4, 0.5) is 17.1 Å². The molecule has 1 fully saturated rings. The van der Waals surface area contributed by atoms with Crippen molar-refractivity contribution >= 4 is 23.0 Å². The molecule has 0 bridgehead atoms. The molecule has 3 rings (SSSR count). The maximum Gasteiger partial charge on any atom is 0.292 e. The number of hydrogen-bond acceptors (Lipinski definition) is 6. The van der Waals surface area contributed by atoms with Gasteiger partial charge in [0.2, 0.25) is 5.91 Å². The molecule has 2 aromatic carbocycles. The molecule has 1 saturated heterocycles. The lowest BCUT2D eigenvalue weighted by Crippen LogP contribution is -2.48. The average molecular weight is 398 g/mol. The molecule has 8 nitrogen and oxygen atoms in total. The molecule has 2 aromatic rings. The van der Waals surface area contributed by atoms with Crippen LogP contribution in [0.5, 0.6) is 5.75 Å². The largest absolute Gasteiger partial charge is 0.491 e. The van der Waals surface area contributed by atoms with Gasteiger partial charge in [-0.2, -0.15) is 0 Å². The summed E-state index contributed by atoms with van der Waals surface area (Å²) >= 11 is 0. The molecule has 0 atom stereocenters. The van der Waals surface area contributed by atoms with Gasteiger partial charge in [-0.15, -0.1) is 0 Å². The predicted molar refractivity (Wildman–Crippen MR) is 113 cm³/mol. The highest BCUT2D eigenvalue weighted by atomic mass is 16.6. The smallest absolute Gasteiger partial charge is 0.292 e. The molecule has 1 N–H and O–H groups in total. The first-order valence-electron chi connectivity index (χ1n) is 9.81. The van der Waals surface area contributed by atoms with Gasteiger partial charge in [0, 0.05) is 32.2 Å².